The zero-order valence-corrected chi connectivity index (χ0v) is 14.0. The third-order valence-electron chi connectivity index (χ3n) is 3.57. The maximum absolute atomic E-state index is 11.9. The van der Waals surface area contributed by atoms with E-state index in [-0.39, 0.29) is 24.9 Å². The molecule has 1 fully saturated rings. The van der Waals surface area contributed by atoms with Crippen LogP contribution in [0.5, 0.6) is 5.75 Å². The van der Waals surface area contributed by atoms with Crippen LogP contribution < -0.4 is 15.4 Å². The number of carbonyl (C=O) groups is 2. The molecule has 1 aliphatic heterocycles. The Hall–Kier alpha value is -1.79. The molecule has 1 saturated heterocycles. The third-order valence-corrected chi connectivity index (χ3v) is 3.57. The lowest BCUT2D eigenvalue weighted by atomic mass is 10.1. The summed E-state index contributed by atoms with van der Waals surface area (Å²) in [5, 5.41) is 6.21. The predicted molar refractivity (Wildman–Crippen MR) is 88.7 cm³/mol. The second-order valence-corrected chi connectivity index (χ2v) is 5.29. The summed E-state index contributed by atoms with van der Waals surface area (Å²) in [6.45, 7) is 1.32. The van der Waals surface area contributed by atoms with E-state index in [0.717, 1.165) is 24.9 Å². The molecule has 7 heteroatoms. The van der Waals surface area contributed by atoms with Gasteiger partial charge in [0.15, 0.2) is 6.61 Å². The fourth-order valence-corrected chi connectivity index (χ4v) is 2.37. The largest absolute Gasteiger partial charge is 0.482 e. The van der Waals surface area contributed by atoms with E-state index in [1.54, 1.807) is 12.1 Å². The summed E-state index contributed by atoms with van der Waals surface area (Å²) >= 11 is 0. The van der Waals surface area contributed by atoms with Crippen LogP contribution in [0.4, 0.5) is 0 Å². The quantitative estimate of drug-likeness (QED) is 0.733. The van der Waals surface area contributed by atoms with Crippen molar-refractivity contribution in [3.8, 4) is 5.75 Å². The molecule has 1 atom stereocenters. The predicted octanol–water partition coefficient (Wildman–Crippen LogP) is 1.42. The standard InChI is InChI=1S/C16H22N2O4.ClH/c1-21-16(20)11-22-14-6-2-4-12(8-14)10-18-15(19)9-13-5-3-7-17-13;/h2,4,6,8,13,17H,3,5,7,9-11H2,1H3,(H,18,19);1H. The van der Waals surface area contributed by atoms with Gasteiger partial charge in [0.25, 0.3) is 0 Å². The van der Waals surface area contributed by atoms with Crippen molar-refractivity contribution in [2.24, 2.45) is 0 Å². The second-order valence-electron chi connectivity index (χ2n) is 5.29. The van der Waals surface area contributed by atoms with Gasteiger partial charge in [-0.2, -0.15) is 0 Å². The monoisotopic (exact) mass is 342 g/mol. The highest BCUT2D eigenvalue weighted by molar-refractivity contribution is 5.85. The van der Waals surface area contributed by atoms with E-state index >= 15 is 0 Å². The Labute approximate surface area is 142 Å². The van der Waals surface area contributed by atoms with Crippen molar-refractivity contribution in [3.05, 3.63) is 29.8 Å². The van der Waals surface area contributed by atoms with Gasteiger partial charge in [0, 0.05) is 19.0 Å². The van der Waals surface area contributed by atoms with Gasteiger partial charge in [-0.05, 0) is 37.1 Å². The van der Waals surface area contributed by atoms with Crippen molar-refractivity contribution in [2.75, 3.05) is 20.3 Å². The molecule has 1 heterocycles. The maximum atomic E-state index is 11.9. The Morgan fingerprint density at radius 3 is 2.91 bits per heavy atom. The Morgan fingerprint density at radius 2 is 2.22 bits per heavy atom. The molecule has 2 N–H and O–H groups in total. The van der Waals surface area contributed by atoms with Crippen LogP contribution in [0.3, 0.4) is 0 Å². The SMILES string of the molecule is COC(=O)COc1cccc(CNC(=O)CC2CCCN2)c1.Cl. The average Bonchev–Trinajstić information content (AvgIpc) is 3.04. The first-order valence-electron chi connectivity index (χ1n) is 7.46. The molecule has 0 spiro atoms. The minimum Gasteiger partial charge on any atom is -0.482 e. The Morgan fingerprint density at radius 1 is 1.39 bits per heavy atom. The summed E-state index contributed by atoms with van der Waals surface area (Å²) in [6.07, 6.45) is 2.71. The number of benzene rings is 1. The van der Waals surface area contributed by atoms with Crippen molar-refractivity contribution in [1.82, 2.24) is 10.6 Å². The summed E-state index contributed by atoms with van der Waals surface area (Å²) in [5.74, 6) is 0.192. The number of ether oxygens (including phenoxy) is 2. The van der Waals surface area contributed by atoms with Gasteiger partial charge < -0.3 is 20.1 Å². The first-order valence-corrected chi connectivity index (χ1v) is 7.46. The first-order chi connectivity index (χ1) is 10.7. The summed E-state index contributed by atoms with van der Waals surface area (Å²) < 4.78 is 9.83. The molecule has 0 aromatic heterocycles. The van der Waals surface area contributed by atoms with Gasteiger partial charge in [-0.15, -0.1) is 12.4 Å². The summed E-state index contributed by atoms with van der Waals surface area (Å²) in [6, 6.07) is 7.59. The van der Waals surface area contributed by atoms with E-state index < -0.39 is 5.97 Å². The second kappa shape index (κ2) is 10.1. The summed E-state index contributed by atoms with van der Waals surface area (Å²) in [5.41, 5.74) is 0.926. The van der Waals surface area contributed by atoms with Crippen LogP contribution in [-0.2, 0) is 20.9 Å². The summed E-state index contributed by atoms with van der Waals surface area (Å²) in [7, 11) is 1.32. The number of nitrogens with one attached hydrogen (secondary N) is 2. The van der Waals surface area contributed by atoms with Crippen molar-refractivity contribution in [2.45, 2.75) is 31.8 Å². The molecule has 0 bridgehead atoms. The normalized spacial score (nSPS) is 16.3. The fourth-order valence-electron chi connectivity index (χ4n) is 2.37. The molecule has 1 unspecified atom stereocenters. The van der Waals surface area contributed by atoms with Crippen LogP contribution in [0.25, 0.3) is 0 Å². The smallest absolute Gasteiger partial charge is 0.343 e. The zero-order valence-electron chi connectivity index (χ0n) is 13.2. The zero-order chi connectivity index (χ0) is 15.8. The molecule has 1 amide bonds. The van der Waals surface area contributed by atoms with Crippen LogP contribution in [0.15, 0.2) is 24.3 Å². The number of amides is 1. The number of halogens is 1. The molecule has 0 saturated carbocycles. The van der Waals surface area contributed by atoms with E-state index in [1.165, 1.54) is 7.11 Å². The van der Waals surface area contributed by atoms with Gasteiger partial charge in [0.1, 0.15) is 5.75 Å². The van der Waals surface area contributed by atoms with Crippen molar-refractivity contribution in [3.63, 3.8) is 0 Å². The topological polar surface area (TPSA) is 76.7 Å². The van der Waals surface area contributed by atoms with Crippen LogP contribution in [0, 0.1) is 0 Å². The van der Waals surface area contributed by atoms with Crippen LogP contribution in [-0.4, -0.2) is 38.2 Å². The minimum atomic E-state index is -0.428. The lowest BCUT2D eigenvalue weighted by Gasteiger charge is -2.11. The highest BCUT2D eigenvalue weighted by atomic mass is 35.5. The highest BCUT2D eigenvalue weighted by Gasteiger charge is 2.17. The first kappa shape index (κ1) is 19.3. The van der Waals surface area contributed by atoms with E-state index in [1.807, 2.05) is 12.1 Å². The average molecular weight is 343 g/mol. The molecular weight excluding hydrogens is 320 g/mol. The third kappa shape index (κ3) is 6.88. The maximum Gasteiger partial charge on any atom is 0.343 e. The van der Waals surface area contributed by atoms with Gasteiger partial charge in [-0.1, -0.05) is 12.1 Å². The lowest BCUT2D eigenvalue weighted by Crippen LogP contribution is -2.31. The van der Waals surface area contributed by atoms with E-state index in [4.69, 9.17) is 4.74 Å². The van der Waals surface area contributed by atoms with Gasteiger partial charge >= 0.3 is 5.97 Å². The number of esters is 1. The molecule has 0 radical (unpaired) electrons. The van der Waals surface area contributed by atoms with Crippen molar-refractivity contribution in [1.29, 1.82) is 0 Å². The number of carbonyl (C=O) groups excluding carboxylic acids is 2. The number of methoxy groups -OCH3 is 1. The van der Waals surface area contributed by atoms with Gasteiger partial charge in [0.2, 0.25) is 5.91 Å². The van der Waals surface area contributed by atoms with Crippen molar-refractivity contribution >= 4 is 24.3 Å². The Bertz CT molecular complexity index is 519. The van der Waals surface area contributed by atoms with E-state index in [9.17, 15) is 9.59 Å². The minimum absolute atomic E-state index is 0. The lowest BCUT2D eigenvalue weighted by molar-refractivity contribution is -0.142. The molecular formula is C16H23ClN2O4. The molecule has 1 aromatic carbocycles. The molecule has 128 valence electrons. The highest BCUT2D eigenvalue weighted by Crippen LogP contribution is 2.13. The number of rotatable bonds is 7. The van der Waals surface area contributed by atoms with Gasteiger partial charge in [0.05, 0.1) is 7.11 Å². The molecule has 23 heavy (non-hydrogen) atoms. The van der Waals surface area contributed by atoms with Crippen LogP contribution >= 0.6 is 12.4 Å². The Kier molecular flexibility index (Phi) is 8.43. The number of hydrogen-bond acceptors (Lipinski definition) is 5. The molecule has 2 rings (SSSR count). The van der Waals surface area contributed by atoms with Gasteiger partial charge in [-0.25, -0.2) is 4.79 Å². The Balaban J connectivity index is 0.00000264. The molecule has 0 aliphatic carbocycles. The summed E-state index contributed by atoms with van der Waals surface area (Å²) in [4.78, 5) is 22.9. The fraction of sp³-hybridized carbons (Fsp3) is 0.500. The molecule has 6 nitrogen and oxygen atoms in total. The van der Waals surface area contributed by atoms with E-state index in [2.05, 4.69) is 15.4 Å². The molecule has 1 aromatic rings. The van der Waals surface area contributed by atoms with Crippen molar-refractivity contribution < 1.29 is 19.1 Å². The number of hydrogen-bond donors (Lipinski definition) is 2. The van der Waals surface area contributed by atoms with Crippen LogP contribution in [0.2, 0.25) is 0 Å². The van der Waals surface area contributed by atoms with E-state index in [0.29, 0.717) is 24.8 Å². The van der Waals surface area contributed by atoms with Gasteiger partial charge in [-0.3, -0.25) is 4.79 Å². The molecule has 1 aliphatic rings. The van der Waals surface area contributed by atoms with Crippen LogP contribution in [0.1, 0.15) is 24.8 Å².